The highest BCUT2D eigenvalue weighted by molar-refractivity contribution is 5.55. The molecule has 1 aromatic heterocycles. The van der Waals surface area contributed by atoms with Gasteiger partial charge in [-0.2, -0.15) is 4.98 Å². The molecule has 6 nitrogen and oxygen atoms in total. The van der Waals surface area contributed by atoms with Crippen LogP contribution in [0.15, 0.2) is 53.1 Å². The van der Waals surface area contributed by atoms with Crippen LogP contribution >= 0.6 is 0 Å². The Morgan fingerprint density at radius 3 is 2.83 bits per heavy atom. The van der Waals surface area contributed by atoms with E-state index in [-0.39, 0.29) is 0 Å². The monoisotopic (exact) mass is 391 g/mol. The molecule has 0 spiro atoms. The number of benzene rings is 2. The molecule has 2 aliphatic heterocycles. The molecule has 0 unspecified atom stereocenters. The molecule has 1 saturated heterocycles. The van der Waals surface area contributed by atoms with Crippen molar-refractivity contribution in [3.63, 3.8) is 0 Å². The maximum atomic E-state index is 5.76. The zero-order valence-electron chi connectivity index (χ0n) is 16.4. The predicted octanol–water partition coefficient (Wildman–Crippen LogP) is 3.68. The number of rotatable bonds is 5. The number of para-hydroxylation sites is 1. The van der Waals surface area contributed by atoms with Crippen molar-refractivity contribution >= 4 is 0 Å². The van der Waals surface area contributed by atoms with Gasteiger partial charge in [0.2, 0.25) is 11.7 Å². The third-order valence-electron chi connectivity index (χ3n) is 5.67. The summed E-state index contributed by atoms with van der Waals surface area (Å²) in [6.07, 6.45) is 1.70. The van der Waals surface area contributed by atoms with Crippen LogP contribution in [-0.4, -0.2) is 48.0 Å². The first-order valence-corrected chi connectivity index (χ1v) is 10.3. The second-order valence-electron chi connectivity index (χ2n) is 7.68. The minimum Gasteiger partial charge on any atom is -0.493 e. The highest BCUT2D eigenvalue weighted by atomic mass is 16.5. The van der Waals surface area contributed by atoms with Crippen LogP contribution in [0.2, 0.25) is 0 Å². The summed E-state index contributed by atoms with van der Waals surface area (Å²) in [7, 11) is 0. The van der Waals surface area contributed by atoms with Crippen molar-refractivity contribution in [2.24, 2.45) is 0 Å². The Hall–Kier alpha value is -2.70. The normalized spacial score (nSPS) is 19.5. The number of fused-ring (bicyclic) bond motifs is 1. The topological polar surface area (TPSA) is 60.6 Å². The van der Waals surface area contributed by atoms with Gasteiger partial charge in [-0.25, -0.2) is 0 Å². The Balaban J connectivity index is 1.30. The summed E-state index contributed by atoms with van der Waals surface area (Å²) >= 11 is 0. The quantitative estimate of drug-likeness (QED) is 0.661. The Morgan fingerprint density at radius 2 is 1.90 bits per heavy atom. The van der Waals surface area contributed by atoms with Crippen LogP contribution in [0, 0.1) is 0 Å². The fourth-order valence-corrected chi connectivity index (χ4v) is 4.12. The molecule has 3 aromatic rings. The van der Waals surface area contributed by atoms with Gasteiger partial charge < -0.3 is 14.0 Å². The van der Waals surface area contributed by atoms with Crippen LogP contribution in [0.1, 0.15) is 29.4 Å². The first kappa shape index (κ1) is 18.3. The SMILES string of the molecule is c1cc(CN2CCOCC2)cc(-c2noc(C[C@@H]3CCOc4ccccc43)n2)c1. The fourth-order valence-electron chi connectivity index (χ4n) is 4.12. The number of nitrogens with zero attached hydrogens (tertiary/aromatic N) is 3. The summed E-state index contributed by atoms with van der Waals surface area (Å²) in [6.45, 7) is 5.21. The van der Waals surface area contributed by atoms with Crippen LogP contribution in [0.25, 0.3) is 11.4 Å². The molecular weight excluding hydrogens is 366 g/mol. The van der Waals surface area contributed by atoms with Gasteiger partial charge in [0.15, 0.2) is 0 Å². The lowest BCUT2D eigenvalue weighted by molar-refractivity contribution is 0.0342. The highest BCUT2D eigenvalue weighted by Crippen LogP contribution is 2.35. The van der Waals surface area contributed by atoms with E-state index in [9.17, 15) is 0 Å². The molecule has 5 rings (SSSR count). The lowest BCUT2D eigenvalue weighted by atomic mass is 9.90. The molecule has 6 heteroatoms. The van der Waals surface area contributed by atoms with Crippen molar-refractivity contribution in [3.05, 3.63) is 65.5 Å². The lowest BCUT2D eigenvalue weighted by Gasteiger charge is -2.26. The van der Waals surface area contributed by atoms with Crippen LogP contribution < -0.4 is 4.74 Å². The number of hydrogen-bond acceptors (Lipinski definition) is 6. The Bertz CT molecular complexity index is 965. The van der Waals surface area contributed by atoms with Gasteiger partial charge in [0.25, 0.3) is 0 Å². The molecule has 0 saturated carbocycles. The molecule has 2 aliphatic rings. The van der Waals surface area contributed by atoms with E-state index in [1.165, 1.54) is 11.1 Å². The van der Waals surface area contributed by atoms with Crippen molar-refractivity contribution in [2.45, 2.75) is 25.3 Å². The fraction of sp³-hybridized carbons (Fsp3) is 0.391. The molecule has 2 aromatic carbocycles. The molecule has 1 fully saturated rings. The van der Waals surface area contributed by atoms with Crippen molar-refractivity contribution in [3.8, 4) is 17.1 Å². The molecule has 0 amide bonds. The van der Waals surface area contributed by atoms with E-state index >= 15 is 0 Å². The second kappa shape index (κ2) is 8.35. The molecule has 0 N–H and O–H groups in total. The molecule has 3 heterocycles. The summed E-state index contributed by atoms with van der Waals surface area (Å²) < 4.78 is 16.8. The van der Waals surface area contributed by atoms with Gasteiger partial charge in [0.1, 0.15) is 5.75 Å². The van der Waals surface area contributed by atoms with E-state index in [0.717, 1.165) is 63.6 Å². The largest absolute Gasteiger partial charge is 0.493 e. The third kappa shape index (κ3) is 4.18. The van der Waals surface area contributed by atoms with E-state index in [1.807, 2.05) is 18.2 Å². The summed E-state index contributed by atoms with van der Waals surface area (Å²) in [5.41, 5.74) is 3.48. The third-order valence-corrected chi connectivity index (χ3v) is 5.67. The molecular formula is C23H25N3O3. The van der Waals surface area contributed by atoms with Crippen molar-refractivity contribution in [1.29, 1.82) is 0 Å². The van der Waals surface area contributed by atoms with Gasteiger partial charge in [-0.15, -0.1) is 0 Å². The van der Waals surface area contributed by atoms with E-state index in [4.69, 9.17) is 14.0 Å². The van der Waals surface area contributed by atoms with E-state index in [2.05, 4.69) is 45.4 Å². The molecule has 0 bridgehead atoms. The van der Waals surface area contributed by atoms with Crippen LogP contribution in [0.5, 0.6) is 5.75 Å². The minimum absolute atomic E-state index is 0.348. The molecule has 150 valence electrons. The number of morpholine rings is 1. The van der Waals surface area contributed by atoms with Crippen LogP contribution in [0.4, 0.5) is 0 Å². The summed E-state index contributed by atoms with van der Waals surface area (Å²) in [4.78, 5) is 7.09. The predicted molar refractivity (Wildman–Crippen MR) is 109 cm³/mol. The lowest BCUT2D eigenvalue weighted by Crippen LogP contribution is -2.35. The van der Waals surface area contributed by atoms with Gasteiger partial charge in [-0.05, 0) is 35.6 Å². The standard InChI is InChI=1S/C23H25N3O3/c1-2-7-21-20(6-1)18(8-11-28-21)15-22-24-23(25-29-22)19-5-3-4-17(14-19)16-26-9-12-27-13-10-26/h1-7,14,18H,8-13,15-16H2/t18-/m0/s1. The van der Waals surface area contributed by atoms with Crippen molar-refractivity contribution < 1.29 is 14.0 Å². The van der Waals surface area contributed by atoms with Gasteiger partial charge in [0.05, 0.1) is 19.8 Å². The summed E-state index contributed by atoms with van der Waals surface area (Å²) in [5, 5.41) is 4.24. The first-order chi connectivity index (χ1) is 14.3. The Labute approximate surface area is 170 Å². The van der Waals surface area contributed by atoms with E-state index in [1.54, 1.807) is 0 Å². The van der Waals surface area contributed by atoms with E-state index in [0.29, 0.717) is 17.6 Å². The average Bonchev–Trinajstić information content (AvgIpc) is 3.24. The summed E-state index contributed by atoms with van der Waals surface area (Å²) in [6, 6.07) is 16.6. The maximum absolute atomic E-state index is 5.76. The van der Waals surface area contributed by atoms with Gasteiger partial charge in [-0.3, -0.25) is 4.90 Å². The van der Waals surface area contributed by atoms with Gasteiger partial charge >= 0.3 is 0 Å². The Kier molecular flexibility index (Phi) is 5.28. The van der Waals surface area contributed by atoms with E-state index < -0.39 is 0 Å². The number of aromatic nitrogens is 2. The van der Waals surface area contributed by atoms with Crippen molar-refractivity contribution in [2.75, 3.05) is 32.9 Å². The zero-order chi connectivity index (χ0) is 19.5. The first-order valence-electron chi connectivity index (χ1n) is 10.3. The average molecular weight is 391 g/mol. The number of ether oxygens (including phenoxy) is 2. The molecule has 29 heavy (non-hydrogen) atoms. The van der Waals surface area contributed by atoms with Crippen LogP contribution in [-0.2, 0) is 17.7 Å². The molecule has 0 aliphatic carbocycles. The molecule has 1 atom stereocenters. The summed E-state index contributed by atoms with van der Waals surface area (Å²) in [5.74, 6) is 2.66. The van der Waals surface area contributed by atoms with Crippen molar-refractivity contribution in [1.82, 2.24) is 15.0 Å². The second-order valence-corrected chi connectivity index (χ2v) is 7.68. The number of hydrogen-bond donors (Lipinski definition) is 0. The van der Waals surface area contributed by atoms with Gasteiger partial charge in [-0.1, -0.05) is 41.6 Å². The highest BCUT2D eigenvalue weighted by Gasteiger charge is 2.24. The smallest absolute Gasteiger partial charge is 0.227 e. The molecule has 0 radical (unpaired) electrons. The van der Waals surface area contributed by atoms with Crippen LogP contribution in [0.3, 0.4) is 0 Å². The zero-order valence-corrected chi connectivity index (χ0v) is 16.4. The van der Waals surface area contributed by atoms with Gasteiger partial charge in [0, 0.05) is 31.6 Å². The maximum Gasteiger partial charge on any atom is 0.227 e. The minimum atomic E-state index is 0.348. The Morgan fingerprint density at radius 1 is 1.00 bits per heavy atom.